The van der Waals surface area contributed by atoms with Crippen LogP contribution in [0.3, 0.4) is 0 Å². The van der Waals surface area contributed by atoms with Crippen molar-refractivity contribution in [2.75, 3.05) is 19.8 Å². The first kappa shape index (κ1) is 31.8. The number of aromatic nitrogens is 4. The fourth-order valence-electron chi connectivity index (χ4n) is 4.77. The third kappa shape index (κ3) is 8.80. The summed E-state index contributed by atoms with van der Waals surface area (Å²) in [5.74, 6) is 0.0248. The van der Waals surface area contributed by atoms with Crippen molar-refractivity contribution in [1.82, 2.24) is 18.3 Å². The maximum Gasteiger partial charge on any atom is 0.331 e. The summed E-state index contributed by atoms with van der Waals surface area (Å²) in [4.78, 5) is 24.8. The Labute approximate surface area is 226 Å². The predicted molar refractivity (Wildman–Crippen MR) is 149 cm³/mol. The number of aryl methyl sites for hydroxylation is 2. The molecule has 0 amide bonds. The number of hydrogen-bond donors (Lipinski definition) is 2. The fourth-order valence-corrected chi connectivity index (χ4v) is 4.77. The van der Waals surface area contributed by atoms with E-state index < -0.39 is 5.54 Å². The molecule has 10 heteroatoms. The van der Waals surface area contributed by atoms with Gasteiger partial charge in [0.2, 0.25) is 11.8 Å². The zero-order valence-corrected chi connectivity index (χ0v) is 24.5. The van der Waals surface area contributed by atoms with Gasteiger partial charge in [0.1, 0.15) is 0 Å². The molecule has 0 aliphatic heterocycles. The molecular weight excluding hydrogens is 488 g/mol. The summed E-state index contributed by atoms with van der Waals surface area (Å²) in [5.41, 5.74) is -0.960. The minimum absolute atomic E-state index is 0.0114. The van der Waals surface area contributed by atoms with Gasteiger partial charge in [0.05, 0.1) is 18.5 Å². The molecule has 0 saturated heterocycles. The van der Waals surface area contributed by atoms with Crippen LogP contribution >= 0.6 is 0 Å². The van der Waals surface area contributed by atoms with E-state index in [-0.39, 0.29) is 34.7 Å². The quantitative estimate of drug-likeness (QED) is 0.274. The van der Waals surface area contributed by atoms with Crippen LogP contribution in [0.15, 0.2) is 22.0 Å². The molecule has 10 nitrogen and oxygen atoms in total. The van der Waals surface area contributed by atoms with Gasteiger partial charge < -0.3 is 19.7 Å². The molecule has 1 unspecified atom stereocenters. The van der Waals surface area contributed by atoms with Gasteiger partial charge in [-0.05, 0) is 78.6 Å². The maximum absolute atomic E-state index is 12.5. The van der Waals surface area contributed by atoms with E-state index in [1.165, 1.54) is 30.7 Å². The molecule has 2 heterocycles. The van der Waals surface area contributed by atoms with Crippen LogP contribution in [0.5, 0.6) is 11.8 Å². The van der Waals surface area contributed by atoms with E-state index >= 15 is 0 Å². The van der Waals surface area contributed by atoms with Crippen LogP contribution < -0.4 is 11.4 Å². The van der Waals surface area contributed by atoms with Gasteiger partial charge in [-0.3, -0.25) is 18.3 Å². The second kappa shape index (κ2) is 14.1. The van der Waals surface area contributed by atoms with E-state index in [1.807, 2.05) is 27.7 Å². The molecule has 2 aromatic heterocycles. The summed E-state index contributed by atoms with van der Waals surface area (Å²) in [7, 11) is 0. The van der Waals surface area contributed by atoms with Gasteiger partial charge in [0.15, 0.2) is 0 Å². The van der Waals surface area contributed by atoms with Gasteiger partial charge in [-0.1, -0.05) is 13.8 Å². The summed E-state index contributed by atoms with van der Waals surface area (Å²) < 4.78 is 17.7. The van der Waals surface area contributed by atoms with Crippen molar-refractivity contribution >= 4 is 0 Å². The lowest BCUT2D eigenvalue weighted by Gasteiger charge is -2.26. The first-order chi connectivity index (χ1) is 17.8. The lowest BCUT2D eigenvalue weighted by molar-refractivity contribution is 0.0306. The topological polar surface area (TPSA) is 113 Å². The summed E-state index contributed by atoms with van der Waals surface area (Å²) in [6.45, 7) is 17.4. The normalized spacial score (nSPS) is 13.3. The minimum Gasteiger partial charge on any atom is -0.493 e. The first-order valence-electron chi connectivity index (χ1n) is 14.0. The van der Waals surface area contributed by atoms with E-state index in [0.717, 1.165) is 38.5 Å². The fraction of sp³-hybridized carbons (Fsp3) is 0.786. The van der Waals surface area contributed by atoms with E-state index in [9.17, 15) is 19.8 Å². The summed E-state index contributed by atoms with van der Waals surface area (Å²) in [6.07, 6.45) is 8.21. The van der Waals surface area contributed by atoms with Gasteiger partial charge in [-0.25, -0.2) is 9.59 Å². The van der Waals surface area contributed by atoms with Crippen LogP contribution in [-0.2, 0) is 34.6 Å². The van der Waals surface area contributed by atoms with E-state index in [1.54, 1.807) is 0 Å². The van der Waals surface area contributed by atoms with Crippen molar-refractivity contribution in [3.8, 4) is 11.8 Å². The largest absolute Gasteiger partial charge is 0.493 e. The summed E-state index contributed by atoms with van der Waals surface area (Å²) in [6, 6.07) is 0. The molecule has 1 atom stereocenters. The smallest absolute Gasteiger partial charge is 0.331 e. The number of rotatable bonds is 18. The molecule has 2 aromatic rings. The van der Waals surface area contributed by atoms with Gasteiger partial charge >= 0.3 is 11.4 Å². The van der Waals surface area contributed by atoms with Crippen LogP contribution in [0, 0.1) is 5.41 Å². The number of imidazole rings is 2. The molecule has 218 valence electrons. The highest BCUT2D eigenvalue weighted by Gasteiger charge is 2.26. The Morgan fingerprint density at radius 3 is 2.05 bits per heavy atom. The van der Waals surface area contributed by atoms with E-state index in [0.29, 0.717) is 39.5 Å². The Morgan fingerprint density at radius 1 is 0.842 bits per heavy atom. The number of unbranched alkanes of at least 4 members (excludes halogenated alkanes) is 1. The molecule has 2 rings (SSSR count). The third-order valence-electron chi connectivity index (χ3n) is 7.22. The van der Waals surface area contributed by atoms with E-state index in [4.69, 9.17) is 9.47 Å². The predicted octanol–water partition coefficient (Wildman–Crippen LogP) is 4.29. The summed E-state index contributed by atoms with van der Waals surface area (Å²) >= 11 is 0. The molecule has 38 heavy (non-hydrogen) atoms. The number of aromatic hydroxyl groups is 2. The molecular formula is C28H50N4O6. The Morgan fingerprint density at radius 2 is 1.45 bits per heavy atom. The first-order valence-corrected chi connectivity index (χ1v) is 14.0. The molecule has 0 bridgehead atoms. The van der Waals surface area contributed by atoms with Crippen molar-refractivity contribution in [2.45, 2.75) is 118 Å². The second-order valence-electron chi connectivity index (χ2n) is 11.7. The van der Waals surface area contributed by atoms with Crippen molar-refractivity contribution < 1.29 is 19.7 Å². The van der Waals surface area contributed by atoms with E-state index in [2.05, 4.69) is 20.8 Å². The van der Waals surface area contributed by atoms with Gasteiger partial charge in [-0.2, -0.15) is 0 Å². The SMILES string of the molecule is CCn1cc(O)n(CC(C)(C)CCC(C)OCCCOCCCCC(C)(C)n2c(O)cn(CC)c2=O)c1=O. The lowest BCUT2D eigenvalue weighted by Crippen LogP contribution is -2.36. The minimum atomic E-state index is -0.461. The molecule has 0 saturated carbocycles. The van der Waals surface area contributed by atoms with Gasteiger partial charge in [0.25, 0.3) is 0 Å². The molecule has 2 N–H and O–H groups in total. The highest BCUT2D eigenvalue weighted by Crippen LogP contribution is 2.28. The third-order valence-corrected chi connectivity index (χ3v) is 7.22. The number of nitrogens with zero attached hydrogens (tertiary/aromatic N) is 4. The molecule has 0 radical (unpaired) electrons. The Balaban J connectivity index is 1.58. The number of hydrogen-bond acceptors (Lipinski definition) is 6. The van der Waals surface area contributed by atoms with Crippen LogP contribution in [0.2, 0.25) is 0 Å². The zero-order valence-electron chi connectivity index (χ0n) is 24.5. The second-order valence-corrected chi connectivity index (χ2v) is 11.7. The standard InChI is InChI=1S/C28H50N4O6/c1-8-29-19-23(33)31(25(29)35)21-27(4,5)15-13-22(3)38-18-12-17-37-16-11-10-14-28(6,7)32-24(34)20-30(9-2)26(32)36/h19-20,22,33-34H,8-18,21H2,1-7H3. The van der Waals surface area contributed by atoms with Crippen LogP contribution in [-0.4, -0.2) is 54.4 Å². The molecule has 0 aliphatic carbocycles. The van der Waals surface area contributed by atoms with Crippen LogP contribution in [0.1, 0.15) is 87.0 Å². The monoisotopic (exact) mass is 538 g/mol. The Kier molecular flexibility index (Phi) is 11.8. The van der Waals surface area contributed by atoms with Gasteiger partial charge in [0, 0.05) is 45.0 Å². The highest BCUT2D eigenvalue weighted by atomic mass is 16.5. The van der Waals surface area contributed by atoms with Crippen molar-refractivity contribution in [1.29, 1.82) is 0 Å². The zero-order chi connectivity index (χ0) is 28.5. The maximum atomic E-state index is 12.5. The molecule has 0 spiro atoms. The Hall–Kier alpha value is -2.46. The van der Waals surface area contributed by atoms with Crippen molar-refractivity contribution in [2.24, 2.45) is 5.41 Å². The van der Waals surface area contributed by atoms with Crippen LogP contribution in [0.25, 0.3) is 0 Å². The number of ether oxygens (including phenoxy) is 2. The lowest BCUT2D eigenvalue weighted by atomic mass is 9.86. The molecule has 0 aromatic carbocycles. The van der Waals surface area contributed by atoms with Crippen molar-refractivity contribution in [3.63, 3.8) is 0 Å². The summed E-state index contributed by atoms with van der Waals surface area (Å²) in [5, 5.41) is 20.3. The highest BCUT2D eigenvalue weighted by molar-refractivity contribution is 5.09. The average Bonchev–Trinajstić information content (AvgIpc) is 3.30. The van der Waals surface area contributed by atoms with Crippen LogP contribution in [0.4, 0.5) is 0 Å². The van der Waals surface area contributed by atoms with Crippen molar-refractivity contribution in [3.05, 3.63) is 33.4 Å². The molecule has 0 aliphatic rings. The van der Waals surface area contributed by atoms with Gasteiger partial charge in [-0.15, -0.1) is 0 Å². The molecule has 0 fully saturated rings. The Bertz CT molecular complexity index is 1110. The average molecular weight is 539 g/mol.